The van der Waals surface area contributed by atoms with E-state index < -0.39 is 11.9 Å². The van der Waals surface area contributed by atoms with Crippen molar-refractivity contribution in [1.82, 2.24) is 14.6 Å². The maximum atomic E-state index is 12.6. The molecule has 9 nitrogen and oxygen atoms in total. The molecule has 0 spiro atoms. The first-order valence-electron chi connectivity index (χ1n) is 12.8. The maximum absolute atomic E-state index is 12.6. The highest BCUT2D eigenvalue weighted by molar-refractivity contribution is 6.00. The lowest BCUT2D eigenvalue weighted by atomic mass is 10.2. The largest absolute Gasteiger partial charge is 0.486 e. The Hall–Kier alpha value is -5.05. The molecule has 0 aliphatic heterocycles. The van der Waals surface area contributed by atoms with Crippen LogP contribution in [0.3, 0.4) is 0 Å². The molecule has 5 aromatic rings. The van der Waals surface area contributed by atoms with Crippen molar-refractivity contribution in [2.45, 2.75) is 33.4 Å². The van der Waals surface area contributed by atoms with Gasteiger partial charge in [-0.2, -0.15) is 5.10 Å². The summed E-state index contributed by atoms with van der Waals surface area (Å²) in [5.74, 6) is 0.478. The van der Waals surface area contributed by atoms with E-state index in [4.69, 9.17) is 13.9 Å². The standard InChI is InChI=1S/C31H30N4O5/c1-20-9-10-21(2)35(20)24-11-13-25(14-12-24)39-19-26-15-16-29(40-26)30(36)33-32-17-23-18-34(22(3)31(37)38-4)28-8-6-5-7-27(23)28/h5-18,22H,19H2,1-4H3,(H,33,36)/b32-17+/t22-/m1/s1. The molecule has 9 heteroatoms. The highest BCUT2D eigenvalue weighted by Crippen LogP contribution is 2.24. The maximum Gasteiger partial charge on any atom is 0.328 e. The lowest BCUT2D eigenvalue weighted by Gasteiger charge is -2.12. The number of benzene rings is 2. The number of rotatable bonds is 9. The van der Waals surface area contributed by atoms with Crippen molar-refractivity contribution >= 4 is 29.0 Å². The molecule has 0 unspecified atom stereocenters. The SMILES string of the molecule is COC(=O)[C@@H](C)n1cc(/C=N/NC(=O)c2ccc(COc3ccc(-n4c(C)ccc4C)cc3)o2)c2ccccc21. The van der Waals surface area contributed by atoms with Crippen LogP contribution in [0.15, 0.2) is 88.5 Å². The molecule has 0 saturated carbocycles. The van der Waals surface area contributed by atoms with Gasteiger partial charge in [-0.05, 0) is 75.4 Å². The Balaban J connectivity index is 1.20. The van der Waals surface area contributed by atoms with Gasteiger partial charge >= 0.3 is 11.9 Å². The van der Waals surface area contributed by atoms with E-state index in [9.17, 15) is 9.59 Å². The van der Waals surface area contributed by atoms with Gasteiger partial charge in [-0.3, -0.25) is 4.79 Å². The number of aromatic nitrogens is 2. The van der Waals surface area contributed by atoms with Crippen molar-refractivity contribution in [3.63, 3.8) is 0 Å². The fourth-order valence-electron chi connectivity index (χ4n) is 4.65. The fraction of sp³-hybridized carbons (Fsp3) is 0.194. The van der Waals surface area contributed by atoms with Gasteiger partial charge in [-0.25, -0.2) is 10.2 Å². The smallest absolute Gasteiger partial charge is 0.328 e. The van der Waals surface area contributed by atoms with Crippen LogP contribution < -0.4 is 10.2 Å². The number of hydrogen-bond donors (Lipinski definition) is 1. The Bertz CT molecular complexity index is 1670. The normalized spacial score (nSPS) is 12.1. The fourth-order valence-corrected chi connectivity index (χ4v) is 4.65. The van der Waals surface area contributed by atoms with Crippen LogP contribution in [-0.4, -0.2) is 34.3 Å². The van der Waals surface area contributed by atoms with E-state index in [-0.39, 0.29) is 18.3 Å². The van der Waals surface area contributed by atoms with Crippen LogP contribution in [0.1, 0.15) is 46.2 Å². The molecule has 1 N–H and O–H groups in total. The van der Waals surface area contributed by atoms with Gasteiger partial charge in [0.25, 0.3) is 0 Å². The van der Waals surface area contributed by atoms with Gasteiger partial charge < -0.3 is 23.0 Å². The van der Waals surface area contributed by atoms with Gasteiger partial charge in [0, 0.05) is 39.7 Å². The zero-order valence-electron chi connectivity index (χ0n) is 22.8. The van der Waals surface area contributed by atoms with Crippen LogP contribution in [-0.2, 0) is 16.1 Å². The van der Waals surface area contributed by atoms with Crippen LogP contribution in [0.25, 0.3) is 16.6 Å². The van der Waals surface area contributed by atoms with Crippen LogP contribution in [0.2, 0.25) is 0 Å². The summed E-state index contributed by atoms with van der Waals surface area (Å²) in [7, 11) is 1.36. The number of amides is 1. The first-order chi connectivity index (χ1) is 19.4. The molecular formula is C31H30N4O5. The van der Waals surface area contributed by atoms with Crippen LogP contribution >= 0.6 is 0 Å². The number of ether oxygens (including phenoxy) is 2. The molecule has 0 radical (unpaired) electrons. The lowest BCUT2D eigenvalue weighted by Crippen LogP contribution is -2.17. The van der Waals surface area contributed by atoms with E-state index >= 15 is 0 Å². The van der Waals surface area contributed by atoms with Gasteiger partial charge in [0.2, 0.25) is 0 Å². The molecule has 0 bridgehead atoms. The third kappa shape index (κ3) is 5.40. The average molecular weight is 539 g/mol. The molecule has 40 heavy (non-hydrogen) atoms. The lowest BCUT2D eigenvalue weighted by molar-refractivity contribution is -0.143. The van der Waals surface area contributed by atoms with Gasteiger partial charge in [0.15, 0.2) is 5.76 Å². The summed E-state index contributed by atoms with van der Waals surface area (Å²) in [6, 6.07) is 22.4. The molecule has 2 aromatic carbocycles. The minimum atomic E-state index is -0.513. The Labute approximate surface area is 231 Å². The number of para-hydroxylation sites is 1. The Morgan fingerprint density at radius 1 is 1.00 bits per heavy atom. The van der Waals surface area contributed by atoms with Crippen molar-refractivity contribution in [2.75, 3.05) is 7.11 Å². The summed E-state index contributed by atoms with van der Waals surface area (Å²) >= 11 is 0. The summed E-state index contributed by atoms with van der Waals surface area (Å²) in [5.41, 5.74) is 7.48. The van der Waals surface area contributed by atoms with E-state index in [2.05, 4.69) is 41.1 Å². The summed E-state index contributed by atoms with van der Waals surface area (Å²) in [6.45, 7) is 6.08. The zero-order chi connectivity index (χ0) is 28.2. The molecule has 3 aromatic heterocycles. The highest BCUT2D eigenvalue weighted by Gasteiger charge is 2.19. The predicted octanol–water partition coefficient (Wildman–Crippen LogP) is 5.72. The Morgan fingerprint density at radius 3 is 2.45 bits per heavy atom. The second-order valence-electron chi connectivity index (χ2n) is 9.41. The number of esters is 1. The van der Waals surface area contributed by atoms with Gasteiger partial charge in [0.1, 0.15) is 24.2 Å². The molecule has 1 amide bonds. The zero-order valence-corrected chi connectivity index (χ0v) is 22.8. The molecule has 1 atom stereocenters. The number of carbonyl (C=O) groups is 2. The van der Waals surface area contributed by atoms with Crippen molar-refractivity contribution in [3.05, 3.63) is 107 Å². The molecule has 5 rings (SSSR count). The van der Waals surface area contributed by atoms with Gasteiger partial charge in [0.05, 0.1) is 13.3 Å². The minimum Gasteiger partial charge on any atom is -0.486 e. The number of hydrazone groups is 1. The van der Waals surface area contributed by atoms with E-state index in [1.807, 2.05) is 53.1 Å². The van der Waals surface area contributed by atoms with Crippen LogP contribution in [0.4, 0.5) is 0 Å². The van der Waals surface area contributed by atoms with E-state index in [1.54, 1.807) is 25.3 Å². The van der Waals surface area contributed by atoms with E-state index in [1.165, 1.54) is 13.3 Å². The number of hydrogen-bond acceptors (Lipinski definition) is 6. The third-order valence-electron chi connectivity index (χ3n) is 6.73. The average Bonchev–Trinajstić information content (AvgIpc) is 3.69. The summed E-state index contributed by atoms with van der Waals surface area (Å²) in [4.78, 5) is 24.7. The second kappa shape index (κ2) is 11.4. The molecule has 0 fully saturated rings. The number of nitrogens with zero attached hydrogens (tertiary/aromatic N) is 3. The summed E-state index contributed by atoms with van der Waals surface area (Å²) < 4.78 is 20.4. The highest BCUT2D eigenvalue weighted by atomic mass is 16.5. The number of methoxy groups -OCH3 is 1. The number of aryl methyl sites for hydroxylation is 2. The molecule has 204 valence electrons. The van der Waals surface area contributed by atoms with Gasteiger partial charge in [-0.15, -0.1) is 0 Å². The second-order valence-corrected chi connectivity index (χ2v) is 9.41. The molecular weight excluding hydrogens is 508 g/mol. The molecule has 3 heterocycles. The monoisotopic (exact) mass is 538 g/mol. The quantitative estimate of drug-likeness (QED) is 0.147. The number of furan rings is 1. The molecule has 0 saturated heterocycles. The predicted molar refractivity (Wildman–Crippen MR) is 152 cm³/mol. The van der Waals surface area contributed by atoms with Crippen molar-refractivity contribution < 1.29 is 23.5 Å². The van der Waals surface area contributed by atoms with Crippen molar-refractivity contribution in [3.8, 4) is 11.4 Å². The van der Waals surface area contributed by atoms with Crippen LogP contribution in [0, 0.1) is 13.8 Å². The number of nitrogens with one attached hydrogen (secondary N) is 1. The third-order valence-corrected chi connectivity index (χ3v) is 6.73. The molecule has 0 aliphatic rings. The van der Waals surface area contributed by atoms with Gasteiger partial charge in [-0.1, -0.05) is 18.2 Å². The summed E-state index contributed by atoms with van der Waals surface area (Å²) in [6.07, 6.45) is 3.34. The van der Waals surface area contributed by atoms with E-state index in [0.29, 0.717) is 11.5 Å². The van der Waals surface area contributed by atoms with Crippen LogP contribution in [0.5, 0.6) is 5.75 Å². The Kier molecular flexibility index (Phi) is 7.54. The Morgan fingerprint density at radius 2 is 1.73 bits per heavy atom. The molecule has 0 aliphatic carbocycles. The minimum absolute atomic E-state index is 0.117. The van der Waals surface area contributed by atoms with Crippen molar-refractivity contribution in [2.24, 2.45) is 5.10 Å². The topological polar surface area (TPSA) is 100.0 Å². The van der Waals surface area contributed by atoms with Crippen molar-refractivity contribution in [1.29, 1.82) is 0 Å². The van der Waals surface area contributed by atoms with E-state index in [0.717, 1.165) is 33.5 Å². The number of carbonyl (C=O) groups excluding carboxylic acids is 2. The number of fused-ring (bicyclic) bond motifs is 1. The first kappa shape index (κ1) is 26.6. The summed E-state index contributed by atoms with van der Waals surface area (Å²) in [5, 5.41) is 4.99. The first-order valence-corrected chi connectivity index (χ1v) is 12.8.